The third-order valence-electron chi connectivity index (χ3n) is 11.0. The molecule has 0 radical (unpaired) electrons. The van der Waals surface area contributed by atoms with Gasteiger partial charge in [-0.1, -0.05) is 0 Å². The summed E-state index contributed by atoms with van der Waals surface area (Å²) in [5.41, 5.74) is 0. The third kappa shape index (κ3) is 18.6. The van der Waals surface area contributed by atoms with Gasteiger partial charge in [-0.2, -0.15) is 0 Å². The monoisotopic (exact) mass is 1130 g/mol. The minimum atomic E-state index is -2.86. The number of aliphatic hydroxyl groups excluding tert-OH is 27. The summed E-state index contributed by atoms with van der Waals surface area (Å²) in [5.74, 6) is -19.1. The lowest BCUT2D eigenvalue weighted by molar-refractivity contribution is -0.329. The second-order valence-electron chi connectivity index (χ2n) is 16.4. The van der Waals surface area contributed by atoms with Crippen LogP contribution in [0.2, 0.25) is 0 Å². The van der Waals surface area contributed by atoms with Crippen molar-refractivity contribution < 1.29 is 176 Å². The van der Waals surface area contributed by atoms with Crippen molar-refractivity contribution in [2.75, 3.05) is 46.2 Å². The molecular formula is C42H70O35. The molecule has 0 aliphatic carbocycles. The van der Waals surface area contributed by atoms with Crippen LogP contribution in [0.1, 0.15) is 38.5 Å². The van der Waals surface area contributed by atoms with Crippen molar-refractivity contribution in [2.24, 2.45) is 0 Å². The molecule has 448 valence electrons. The topological polar surface area (TPSA) is 620 Å². The molecule has 1 saturated heterocycles. The Hall–Kier alpha value is -4.88. The van der Waals surface area contributed by atoms with Crippen LogP contribution in [0.25, 0.3) is 0 Å². The van der Waals surface area contributed by atoms with Crippen LogP contribution in [-0.2, 0) is 37.9 Å². The average molecular weight is 1130 g/mol. The van der Waals surface area contributed by atoms with E-state index in [4.69, 9.17) is 37.9 Å². The maximum Gasteiger partial charge on any atom is 0.218 e. The zero-order chi connectivity index (χ0) is 58.6. The summed E-state index contributed by atoms with van der Waals surface area (Å²) in [4.78, 5) is 0. The molecule has 27 N–H and O–H groups in total. The van der Waals surface area contributed by atoms with E-state index < -0.39 is 259 Å². The predicted molar refractivity (Wildman–Crippen MR) is 242 cm³/mol. The highest BCUT2D eigenvalue weighted by Gasteiger charge is 2.48. The summed E-state index contributed by atoms with van der Waals surface area (Å²) in [6.45, 7) is -7.05. The van der Waals surface area contributed by atoms with E-state index in [0.717, 1.165) is 0 Å². The first-order chi connectivity index (χ1) is 36.2. The Bertz CT molecular complexity index is 1990. The second-order valence-corrected chi connectivity index (χ2v) is 16.4. The molecule has 0 saturated carbocycles. The van der Waals surface area contributed by atoms with E-state index in [2.05, 4.69) is 0 Å². The molecule has 0 spiro atoms. The molecule has 0 aromatic heterocycles. The lowest BCUT2D eigenvalue weighted by atomic mass is 9.98. The molecule has 3 aliphatic rings. The molecule has 35 nitrogen and oxygen atoms in total. The zero-order valence-electron chi connectivity index (χ0n) is 40.3. The highest BCUT2D eigenvalue weighted by molar-refractivity contribution is 5.15. The smallest absolute Gasteiger partial charge is 0.218 e. The number of hydrogen-bond acceptors (Lipinski definition) is 35. The molecule has 3 rings (SSSR count). The Morgan fingerprint density at radius 3 is 0.662 bits per heavy atom. The molecule has 17 unspecified atom stereocenters. The van der Waals surface area contributed by atoms with Gasteiger partial charge in [-0.25, -0.2) is 0 Å². The third-order valence-corrected chi connectivity index (χ3v) is 11.0. The number of ether oxygens (including phenoxy) is 8. The molecular weight excluding hydrogens is 1060 g/mol. The second kappa shape index (κ2) is 32.9. The number of rotatable bonds is 13. The van der Waals surface area contributed by atoms with Crippen LogP contribution in [0.3, 0.4) is 0 Å². The highest BCUT2D eigenvalue weighted by Crippen LogP contribution is 2.31. The Balaban J connectivity index is 2.87. The van der Waals surface area contributed by atoms with Gasteiger partial charge in [0.1, 0.15) is 61.0 Å². The van der Waals surface area contributed by atoms with Crippen molar-refractivity contribution in [1.82, 2.24) is 0 Å². The summed E-state index contributed by atoms with van der Waals surface area (Å²) in [6, 6.07) is 0. The molecule has 1 fully saturated rings. The average Bonchev–Trinajstić information content (AvgIpc) is 3.40. The van der Waals surface area contributed by atoms with Gasteiger partial charge in [0, 0.05) is 78.2 Å². The van der Waals surface area contributed by atoms with Gasteiger partial charge < -0.3 is 176 Å². The van der Waals surface area contributed by atoms with E-state index in [1.54, 1.807) is 0 Å². The van der Waals surface area contributed by atoms with Crippen molar-refractivity contribution in [2.45, 2.75) is 144 Å². The van der Waals surface area contributed by atoms with Crippen molar-refractivity contribution in [3.05, 3.63) is 69.1 Å². The largest absolute Gasteiger partial charge is 0.506 e. The van der Waals surface area contributed by atoms with Crippen LogP contribution in [-0.4, -0.2) is 289 Å². The fourth-order valence-corrected chi connectivity index (χ4v) is 6.88. The van der Waals surface area contributed by atoms with Gasteiger partial charge in [0.2, 0.25) is 37.7 Å². The van der Waals surface area contributed by atoms with Crippen LogP contribution in [0, 0.1) is 0 Å². The van der Waals surface area contributed by atoms with Gasteiger partial charge in [0.25, 0.3) is 0 Å². The number of fused-ring (bicyclic) bond motifs is 26. The molecule has 3 heterocycles. The summed E-state index contributed by atoms with van der Waals surface area (Å²) in [5, 5.41) is 284. The van der Waals surface area contributed by atoms with E-state index in [1.165, 1.54) is 0 Å². The molecule has 77 heavy (non-hydrogen) atoms. The van der Waals surface area contributed by atoms with Crippen LogP contribution < -0.4 is 0 Å². The molecule has 0 aromatic rings. The number of hydrogen-bond donors (Lipinski definition) is 27. The fourth-order valence-electron chi connectivity index (χ4n) is 6.88. The molecule has 35 heteroatoms. The molecule has 0 amide bonds. The first kappa shape index (κ1) is 68.2. The first-order valence-electron chi connectivity index (χ1n) is 22.9. The molecule has 0 aromatic carbocycles. The Morgan fingerprint density at radius 1 is 0.247 bits per heavy atom. The lowest BCUT2D eigenvalue weighted by Crippen LogP contribution is -2.61. The van der Waals surface area contributed by atoms with Crippen LogP contribution in [0.4, 0.5) is 0 Å². The summed E-state index contributed by atoms with van der Waals surface area (Å²) in [7, 11) is 0. The van der Waals surface area contributed by atoms with Crippen molar-refractivity contribution in [3.8, 4) is 0 Å². The maximum absolute atomic E-state index is 11.0. The normalized spacial score (nSPS) is 40.5. The van der Waals surface area contributed by atoms with Gasteiger partial charge in [0.15, 0.2) is 75.4 Å². The Labute approximate surface area is 434 Å². The molecule has 17 atom stereocenters. The van der Waals surface area contributed by atoms with Gasteiger partial charge in [0.05, 0.1) is 6.61 Å². The fraction of sp³-hybridized carbons (Fsp3) is 0.714. The van der Waals surface area contributed by atoms with E-state index in [9.17, 15) is 138 Å². The van der Waals surface area contributed by atoms with Crippen LogP contribution in [0.5, 0.6) is 0 Å². The zero-order valence-corrected chi connectivity index (χ0v) is 40.3. The highest BCUT2D eigenvalue weighted by atomic mass is 16.7. The van der Waals surface area contributed by atoms with E-state index in [-0.39, 0.29) is 0 Å². The van der Waals surface area contributed by atoms with E-state index in [1.807, 2.05) is 0 Å². The standard InChI is InChI=1S/C42H70O35/c43-7-1-14-21(50)29(58)37(65)72-16(3-9-45)23(52)31(60)39(67)74-18(5-11-47)25(54)33(62)41(69)77-35-20(13-49)76-42(34(63)27(35)56)75-19(6-12-48)26(55)32(61)40(68)73-17(4-10-46)24(53)30(59)38(66)71-15(2-8-44)22(51)28(57)36(64)70-14/h14-20,27,34-69H,1-13H2/b28-22+,29-21-,30-24+,31-23-,32-26-,33-25+. The maximum atomic E-state index is 11.0. The SMILES string of the molecule is OCCC1OC(O)/C(O)=C(/O)C(CCO)OC(O)/C(O)=C(\O)C(CCO)OC(O)/C(O)=C(\O)C(CCO)OC(O)/C(O)=C(/O)C(CCO)OC2OC(CO)C(OC(O)/C(O)=C(\O)C(CCO)OC(O)/C(O)=C\1O)C(O)C2O. The Morgan fingerprint density at radius 2 is 0.455 bits per heavy atom. The first-order valence-corrected chi connectivity index (χ1v) is 22.9. The minimum Gasteiger partial charge on any atom is -0.506 e. The summed E-state index contributed by atoms with van der Waals surface area (Å²) in [6.07, 6.45) is -46.2. The van der Waals surface area contributed by atoms with E-state index >= 15 is 0 Å². The minimum absolute atomic E-state index is 0.762. The summed E-state index contributed by atoms with van der Waals surface area (Å²) < 4.78 is 41.1. The van der Waals surface area contributed by atoms with Gasteiger partial charge >= 0.3 is 0 Å². The lowest BCUT2D eigenvalue weighted by Gasteiger charge is -2.43. The quantitative estimate of drug-likeness (QED) is 0.0817. The van der Waals surface area contributed by atoms with Gasteiger partial charge in [-0.15, -0.1) is 0 Å². The van der Waals surface area contributed by atoms with Gasteiger partial charge in [-0.3, -0.25) is 0 Å². The molecule has 3 aliphatic heterocycles. The van der Waals surface area contributed by atoms with Crippen molar-refractivity contribution in [1.29, 1.82) is 0 Å². The van der Waals surface area contributed by atoms with Crippen LogP contribution >= 0.6 is 0 Å². The van der Waals surface area contributed by atoms with Crippen molar-refractivity contribution in [3.63, 3.8) is 0 Å². The predicted octanol–water partition coefficient (Wildman–Crippen LogP) is -5.69. The summed E-state index contributed by atoms with van der Waals surface area (Å²) >= 11 is 0. The molecule has 2 bridgehead atoms. The number of aliphatic hydroxyl groups is 27. The Kier molecular flexibility index (Phi) is 29.1. The van der Waals surface area contributed by atoms with Crippen molar-refractivity contribution >= 4 is 0 Å². The van der Waals surface area contributed by atoms with E-state index in [0.29, 0.717) is 0 Å². The van der Waals surface area contributed by atoms with Crippen LogP contribution in [0.15, 0.2) is 69.1 Å². The van der Waals surface area contributed by atoms with Gasteiger partial charge in [-0.05, 0) is 0 Å².